The molecule has 0 bridgehead atoms. The maximum atomic E-state index is 12.3. The molecule has 2 rings (SSSR count). The Balaban J connectivity index is 1.98. The van der Waals surface area contributed by atoms with E-state index in [0.717, 1.165) is 5.57 Å². The summed E-state index contributed by atoms with van der Waals surface area (Å²) < 4.78 is 11.9. The summed E-state index contributed by atoms with van der Waals surface area (Å²) in [4.78, 5) is 12.3. The zero-order valence-corrected chi connectivity index (χ0v) is 16.4. The van der Waals surface area contributed by atoms with E-state index >= 15 is 0 Å². The van der Waals surface area contributed by atoms with Crippen LogP contribution >= 0.6 is 27.5 Å². The minimum atomic E-state index is -0.683. The fraction of sp³-hybridized carbons (Fsp3) is 0.211. The summed E-state index contributed by atoms with van der Waals surface area (Å²) in [5.41, 5.74) is 1.56. The molecular formula is C19H19BrClNO3. The number of carbonyl (C=O) groups is 1. The van der Waals surface area contributed by atoms with Crippen molar-refractivity contribution in [3.8, 4) is 11.5 Å². The van der Waals surface area contributed by atoms with Gasteiger partial charge < -0.3 is 14.8 Å². The third-order valence-corrected chi connectivity index (χ3v) is 4.01. The largest absolute Gasteiger partial charge is 0.489 e. The molecule has 0 aliphatic rings. The highest BCUT2D eigenvalue weighted by molar-refractivity contribution is 9.10. The minimum absolute atomic E-state index is 0.265. The maximum absolute atomic E-state index is 12.3. The predicted molar refractivity (Wildman–Crippen MR) is 105 cm³/mol. The van der Waals surface area contributed by atoms with E-state index in [1.165, 1.54) is 0 Å². The Kier molecular flexibility index (Phi) is 6.91. The number of carbonyl (C=O) groups excluding carboxylic acids is 1. The minimum Gasteiger partial charge on any atom is -0.489 e. The van der Waals surface area contributed by atoms with Crippen LogP contribution in [0.2, 0.25) is 5.02 Å². The first-order valence-electron chi connectivity index (χ1n) is 7.65. The lowest BCUT2D eigenvalue weighted by Gasteiger charge is -2.16. The fourth-order valence-corrected chi connectivity index (χ4v) is 2.70. The number of ether oxygens (including phenoxy) is 2. The Morgan fingerprint density at radius 3 is 2.76 bits per heavy atom. The molecule has 0 saturated heterocycles. The Morgan fingerprint density at radius 2 is 2.08 bits per heavy atom. The highest BCUT2D eigenvalue weighted by atomic mass is 79.9. The number of hydrogen-bond acceptors (Lipinski definition) is 3. The van der Waals surface area contributed by atoms with Crippen molar-refractivity contribution < 1.29 is 14.3 Å². The molecule has 132 valence electrons. The number of hydrogen-bond donors (Lipinski definition) is 1. The molecule has 1 N–H and O–H groups in total. The number of benzene rings is 2. The lowest BCUT2D eigenvalue weighted by Crippen LogP contribution is -2.30. The van der Waals surface area contributed by atoms with E-state index in [2.05, 4.69) is 27.8 Å². The summed E-state index contributed by atoms with van der Waals surface area (Å²) >= 11 is 9.27. The van der Waals surface area contributed by atoms with Crippen LogP contribution in [-0.4, -0.2) is 18.6 Å². The standard InChI is InChI=1S/C19H19BrClNO3/c1-12(2)11-24-16-6-4-5-15(10-16)22-19(23)13(3)25-18-8-7-14(21)9-17(18)20/h4-10,13H,1,11H2,2-3H3,(H,22,23). The first-order chi connectivity index (χ1) is 11.8. The average Bonchev–Trinajstić information content (AvgIpc) is 2.55. The third-order valence-electron chi connectivity index (χ3n) is 3.15. The molecule has 0 saturated carbocycles. The molecule has 1 amide bonds. The van der Waals surface area contributed by atoms with Gasteiger partial charge in [0, 0.05) is 16.8 Å². The van der Waals surface area contributed by atoms with Crippen molar-refractivity contribution in [1.29, 1.82) is 0 Å². The zero-order valence-electron chi connectivity index (χ0n) is 14.0. The molecule has 1 atom stereocenters. The van der Waals surface area contributed by atoms with Crippen LogP contribution in [0.3, 0.4) is 0 Å². The average molecular weight is 425 g/mol. The Morgan fingerprint density at radius 1 is 1.32 bits per heavy atom. The Labute approximate surface area is 160 Å². The number of anilines is 1. The second kappa shape index (κ2) is 8.92. The molecule has 0 aromatic heterocycles. The number of nitrogens with one attached hydrogen (secondary N) is 1. The van der Waals surface area contributed by atoms with Gasteiger partial charge in [-0.3, -0.25) is 4.79 Å². The second-order valence-electron chi connectivity index (χ2n) is 5.60. The normalized spacial score (nSPS) is 11.5. The molecule has 0 heterocycles. The molecule has 1 unspecified atom stereocenters. The molecule has 2 aromatic rings. The first-order valence-corrected chi connectivity index (χ1v) is 8.82. The van der Waals surface area contributed by atoms with Gasteiger partial charge in [0.15, 0.2) is 6.10 Å². The van der Waals surface area contributed by atoms with Crippen molar-refractivity contribution in [2.24, 2.45) is 0 Å². The van der Waals surface area contributed by atoms with Crippen molar-refractivity contribution in [2.75, 3.05) is 11.9 Å². The van der Waals surface area contributed by atoms with Gasteiger partial charge in [0.25, 0.3) is 5.91 Å². The molecule has 0 radical (unpaired) electrons. The van der Waals surface area contributed by atoms with E-state index in [9.17, 15) is 4.79 Å². The van der Waals surface area contributed by atoms with Gasteiger partial charge in [-0.1, -0.05) is 24.2 Å². The van der Waals surface area contributed by atoms with Gasteiger partial charge in [-0.25, -0.2) is 0 Å². The molecule has 25 heavy (non-hydrogen) atoms. The van der Waals surface area contributed by atoms with E-state index in [1.54, 1.807) is 37.3 Å². The summed E-state index contributed by atoms with van der Waals surface area (Å²) in [7, 11) is 0. The van der Waals surface area contributed by atoms with Gasteiger partial charge in [0.2, 0.25) is 0 Å². The Hall–Kier alpha value is -1.98. The van der Waals surface area contributed by atoms with Crippen molar-refractivity contribution >= 4 is 39.1 Å². The summed E-state index contributed by atoms with van der Waals surface area (Å²) in [5, 5.41) is 3.40. The lowest BCUT2D eigenvalue weighted by atomic mass is 10.2. The molecule has 0 aliphatic carbocycles. The monoisotopic (exact) mass is 423 g/mol. The summed E-state index contributed by atoms with van der Waals surface area (Å²) in [5.74, 6) is 0.944. The van der Waals surface area contributed by atoms with Crippen LogP contribution in [-0.2, 0) is 4.79 Å². The van der Waals surface area contributed by atoms with Crippen LogP contribution in [0, 0.1) is 0 Å². The first kappa shape index (κ1) is 19.3. The van der Waals surface area contributed by atoms with Gasteiger partial charge in [0.05, 0.1) is 4.47 Å². The topological polar surface area (TPSA) is 47.6 Å². The SMILES string of the molecule is C=C(C)COc1cccc(NC(=O)C(C)Oc2ccc(Cl)cc2Br)c1. The molecule has 4 nitrogen and oxygen atoms in total. The Bertz CT molecular complexity index is 779. The molecule has 6 heteroatoms. The van der Waals surface area contributed by atoms with Crippen LogP contribution in [0.25, 0.3) is 0 Å². The van der Waals surface area contributed by atoms with E-state index < -0.39 is 6.10 Å². The van der Waals surface area contributed by atoms with Gasteiger partial charge in [-0.2, -0.15) is 0 Å². The van der Waals surface area contributed by atoms with Gasteiger partial charge in [0.1, 0.15) is 18.1 Å². The van der Waals surface area contributed by atoms with Gasteiger partial charge in [-0.05, 0) is 65.7 Å². The van der Waals surface area contributed by atoms with Crippen molar-refractivity contribution in [2.45, 2.75) is 20.0 Å². The highest BCUT2D eigenvalue weighted by Crippen LogP contribution is 2.29. The van der Waals surface area contributed by atoms with E-state index in [0.29, 0.717) is 33.3 Å². The number of halogens is 2. The van der Waals surface area contributed by atoms with Crippen LogP contribution in [0.15, 0.2) is 59.1 Å². The molecular weight excluding hydrogens is 406 g/mol. The number of rotatable bonds is 7. The second-order valence-corrected chi connectivity index (χ2v) is 6.89. The summed E-state index contributed by atoms with van der Waals surface area (Å²) in [6.45, 7) is 7.79. The molecule has 2 aromatic carbocycles. The van der Waals surface area contributed by atoms with E-state index in [1.807, 2.05) is 19.1 Å². The van der Waals surface area contributed by atoms with Crippen molar-refractivity contribution in [3.63, 3.8) is 0 Å². The smallest absolute Gasteiger partial charge is 0.265 e. The molecule has 0 aliphatic heterocycles. The predicted octanol–water partition coefficient (Wildman–Crippen LogP) is 5.46. The van der Waals surface area contributed by atoms with Gasteiger partial charge in [-0.15, -0.1) is 0 Å². The maximum Gasteiger partial charge on any atom is 0.265 e. The summed E-state index contributed by atoms with van der Waals surface area (Å²) in [6.07, 6.45) is -0.683. The highest BCUT2D eigenvalue weighted by Gasteiger charge is 2.16. The van der Waals surface area contributed by atoms with Crippen LogP contribution in [0.4, 0.5) is 5.69 Å². The molecule has 0 fully saturated rings. The molecule has 0 spiro atoms. The van der Waals surface area contributed by atoms with Crippen LogP contribution in [0.5, 0.6) is 11.5 Å². The number of amides is 1. The summed E-state index contributed by atoms with van der Waals surface area (Å²) in [6, 6.07) is 12.3. The van der Waals surface area contributed by atoms with Crippen molar-refractivity contribution in [3.05, 3.63) is 64.1 Å². The third kappa shape index (κ3) is 6.11. The fourth-order valence-electron chi connectivity index (χ4n) is 1.93. The lowest BCUT2D eigenvalue weighted by molar-refractivity contribution is -0.122. The quantitative estimate of drug-likeness (QED) is 0.600. The van der Waals surface area contributed by atoms with Crippen LogP contribution in [0.1, 0.15) is 13.8 Å². The van der Waals surface area contributed by atoms with E-state index in [4.69, 9.17) is 21.1 Å². The zero-order chi connectivity index (χ0) is 18.4. The van der Waals surface area contributed by atoms with Crippen LogP contribution < -0.4 is 14.8 Å². The van der Waals surface area contributed by atoms with Crippen molar-refractivity contribution in [1.82, 2.24) is 0 Å². The van der Waals surface area contributed by atoms with Gasteiger partial charge >= 0.3 is 0 Å². The van der Waals surface area contributed by atoms with E-state index in [-0.39, 0.29) is 5.91 Å².